The molecule has 2 aromatic rings. The molecule has 4 heteroatoms. The molecule has 0 amide bonds. The maximum absolute atomic E-state index is 6.02. The van der Waals surface area contributed by atoms with E-state index in [0.29, 0.717) is 6.61 Å². The second-order valence-electron chi connectivity index (χ2n) is 3.45. The van der Waals surface area contributed by atoms with Crippen LogP contribution in [0.2, 0.25) is 5.02 Å². The van der Waals surface area contributed by atoms with Crippen LogP contribution in [0.15, 0.2) is 48.5 Å². The van der Waals surface area contributed by atoms with Crippen molar-refractivity contribution >= 4 is 17.3 Å². The highest BCUT2D eigenvalue weighted by Gasteiger charge is 1.99. The zero-order chi connectivity index (χ0) is 11.4. The summed E-state index contributed by atoms with van der Waals surface area (Å²) in [4.78, 5) is 0. The van der Waals surface area contributed by atoms with Crippen molar-refractivity contribution < 1.29 is 17.1 Å². The lowest BCUT2D eigenvalue weighted by molar-refractivity contribution is -0.00000352. The Balaban J connectivity index is 0.00000144. The van der Waals surface area contributed by atoms with E-state index in [2.05, 4.69) is 0 Å². The first kappa shape index (κ1) is 13.7. The Labute approximate surface area is 112 Å². The second kappa shape index (κ2) is 6.38. The molecule has 0 fully saturated rings. The topological polar surface area (TPSA) is 35.2 Å². The molecule has 0 aliphatic rings. The van der Waals surface area contributed by atoms with Gasteiger partial charge in [0.15, 0.2) is 0 Å². The number of nitrogen functional groups attached to an aromatic ring is 1. The molecule has 0 spiro atoms. The predicted molar refractivity (Wildman–Crippen MR) is 66.6 cm³/mol. The lowest BCUT2D eigenvalue weighted by Gasteiger charge is -2.07. The molecule has 0 atom stereocenters. The quantitative estimate of drug-likeness (QED) is 0.824. The van der Waals surface area contributed by atoms with Crippen molar-refractivity contribution in [2.75, 3.05) is 5.73 Å². The van der Waals surface area contributed by atoms with Crippen molar-refractivity contribution in [3.8, 4) is 5.75 Å². The van der Waals surface area contributed by atoms with Crippen LogP contribution in [0.5, 0.6) is 5.75 Å². The number of hydrogen-bond acceptors (Lipinski definition) is 2. The van der Waals surface area contributed by atoms with Gasteiger partial charge in [0.1, 0.15) is 12.4 Å². The summed E-state index contributed by atoms with van der Waals surface area (Å²) in [7, 11) is 0. The molecule has 0 aromatic heterocycles. The Hall–Kier alpha value is -1.38. The summed E-state index contributed by atoms with van der Waals surface area (Å²) < 4.78 is 5.59. The Kier molecular flexibility index (Phi) is 5.13. The molecule has 0 unspecified atom stereocenters. The zero-order valence-electron chi connectivity index (χ0n) is 9.07. The van der Waals surface area contributed by atoms with Gasteiger partial charge in [0, 0.05) is 16.3 Å². The summed E-state index contributed by atoms with van der Waals surface area (Å²) >= 11 is 6.02. The zero-order valence-corrected chi connectivity index (χ0v) is 10.6. The minimum Gasteiger partial charge on any atom is -1.00 e. The van der Waals surface area contributed by atoms with Gasteiger partial charge in [-0.05, 0) is 30.3 Å². The summed E-state index contributed by atoms with van der Waals surface area (Å²) in [5.74, 6) is 0.786. The molecule has 0 saturated heterocycles. The summed E-state index contributed by atoms with van der Waals surface area (Å²) in [6.45, 7) is 0.462. The van der Waals surface area contributed by atoms with Gasteiger partial charge in [0.2, 0.25) is 0 Å². The molecular formula is C13H12Cl2NO-. The third-order valence-electron chi connectivity index (χ3n) is 2.23. The number of ether oxygens (including phenoxy) is 1. The molecule has 2 nitrogen and oxygen atoms in total. The van der Waals surface area contributed by atoms with E-state index in [4.69, 9.17) is 22.1 Å². The average Bonchev–Trinajstić information content (AvgIpc) is 2.30. The van der Waals surface area contributed by atoms with Crippen molar-refractivity contribution in [3.63, 3.8) is 0 Å². The Bertz CT molecular complexity index is 471. The fraction of sp³-hybridized carbons (Fsp3) is 0.0769. The highest BCUT2D eigenvalue weighted by atomic mass is 35.5. The fourth-order valence-electron chi connectivity index (χ4n) is 1.34. The first-order valence-corrected chi connectivity index (χ1v) is 5.35. The van der Waals surface area contributed by atoms with Crippen molar-refractivity contribution in [1.29, 1.82) is 0 Å². The normalized spacial score (nSPS) is 9.47. The molecule has 2 aromatic carbocycles. The van der Waals surface area contributed by atoms with E-state index >= 15 is 0 Å². The second-order valence-corrected chi connectivity index (χ2v) is 3.86. The summed E-state index contributed by atoms with van der Waals surface area (Å²) in [5, 5.41) is 0.720. The minimum atomic E-state index is 0. The van der Waals surface area contributed by atoms with Crippen molar-refractivity contribution in [1.82, 2.24) is 0 Å². The number of rotatable bonds is 3. The third-order valence-corrected chi connectivity index (χ3v) is 2.60. The van der Waals surface area contributed by atoms with Gasteiger partial charge in [-0.15, -0.1) is 0 Å². The van der Waals surface area contributed by atoms with Crippen LogP contribution in [-0.2, 0) is 6.61 Å². The molecule has 2 rings (SSSR count). The SMILES string of the molecule is Nc1ccc(OCc2ccccc2Cl)cc1.[Cl-]. The molecule has 2 N–H and O–H groups in total. The standard InChI is InChI=1S/C13H12ClNO.ClH/c14-13-4-2-1-3-10(13)9-16-12-7-5-11(15)6-8-12;/h1-8H,9,15H2;1H/p-1. The Morgan fingerprint density at radius 2 is 1.65 bits per heavy atom. The lowest BCUT2D eigenvalue weighted by atomic mass is 10.2. The number of anilines is 1. The molecule has 0 heterocycles. The van der Waals surface area contributed by atoms with Gasteiger partial charge in [-0.3, -0.25) is 0 Å². The van der Waals surface area contributed by atoms with Crippen LogP contribution >= 0.6 is 11.6 Å². The number of nitrogens with two attached hydrogens (primary N) is 1. The minimum absolute atomic E-state index is 0. The van der Waals surface area contributed by atoms with Crippen LogP contribution in [0.1, 0.15) is 5.56 Å². The number of benzene rings is 2. The van der Waals surface area contributed by atoms with Gasteiger partial charge in [0.25, 0.3) is 0 Å². The predicted octanol–water partition coefficient (Wildman–Crippen LogP) is 0.505. The summed E-state index contributed by atoms with van der Waals surface area (Å²) in [6.07, 6.45) is 0. The highest BCUT2D eigenvalue weighted by Crippen LogP contribution is 2.19. The first-order chi connectivity index (χ1) is 7.75. The van der Waals surface area contributed by atoms with Gasteiger partial charge in [-0.2, -0.15) is 0 Å². The van der Waals surface area contributed by atoms with E-state index in [1.165, 1.54) is 0 Å². The van der Waals surface area contributed by atoms with Gasteiger partial charge in [-0.1, -0.05) is 29.8 Å². The average molecular weight is 269 g/mol. The molecule has 0 bridgehead atoms. The molecular weight excluding hydrogens is 257 g/mol. The van der Waals surface area contributed by atoms with Crippen LogP contribution in [0.25, 0.3) is 0 Å². The van der Waals surface area contributed by atoms with Crippen molar-refractivity contribution in [3.05, 3.63) is 59.1 Å². The maximum Gasteiger partial charge on any atom is 0.119 e. The van der Waals surface area contributed by atoms with Crippen LogP contribution in [0.3, 0.4) is 0 Å². The third kappa shape index (κ3) is 3.84. The Morgan fingerprint density at radius 3 is 2.29 bits per heavy atom. The van der Waals surface area contributed by atoms with E-state index in [-0.39, 0.29) is 12.4 Å². The molecule has 0 aliphatic heterocycles. The van der Waals surface area contributed by atoms with Crippen molar-refractivity contribution in [2.45, 2.75) is 6.61 Å². The van der Waals surface area contributed by atoms with E-state index in [1.807, 2.05) is 48.5 Å². The molecule has 17 heavy (non-hydrogen) atoms. The van der Waals surface area contributed by atoms with Gasteiger partial charge in [0.05, 0.1) is 0 Å². The molecule has 0 saturated carbocycles. The number of hydrogen-bond donors (Lipinski definition) is 1. The van der Waals surface area contributed by atoms with E-state index in [1.54, 1.807) is 0 Å². The van der Waals surface area contributed by atoms with Crippen molar-refractivity contribution in [2.24, 2.45) is 0 Å². The lowest BCUT2D eigenvalue weighted by Crippen LogP contribution is -3.00. The first-order valence-electron chi connectivity index (χ1n) is 4.97. The van der Waals surface area contributed by atoms with Gasteiger partial charge >= 0.3 is 0 Å². The van der Waals surface area contributed by atoms with Crippen LogP contribution in [0, 0.1) is 0 Å². The smallest absolute Gasteiger partial charge is 0.119 e. The van der Waals surface area contributed by atoms with Gasteiger partial charge < -0.3 is 22.9 Å². The van der Waals surface area contributed by atoms with Crippen LogP contribution in [0.4, 0.5) is 5.69 Å². The molecule has 0 radical (unpaired) electrons. The van der Waals surface area contributed by atoms with E-state index in [0.717, 1.165) is 22.0 Å². The largest absolute Gasteiger partial charge is 1.00 e. The molecule has 0 aliphatic carbocycles. The van der Waals surface area contributed by atoms with Crippen LogP contribution < -0.4 is 22.9 Å². The monoisotopic (exact) mass is 268 g/mol. The van der Waals surface area contributed by atoms with E-state index in [9.17, 15) is 0 Å². The molecule has 90 valence electrons. The van der Waals surface area contributed by atoms with Gasteiger partial charge in [-0.25, -0.2) is 0 Å². The number of halogens is 2. The summed E-state index contributed by atoms with van der Waals surface area (Å²) in [5.41, 5.74) is 7.28. The van der Waals surface area contributed by atoms with E-state index < -0.39 is 0 Å². The fourth-order valence-corrected chi connectivity index (χ4v) is 1.53. The van der Waals surface area contributed by atoms with Crippen LogP contribution in [-0.4, -0.2) is 0 Å². The summed E-state index contributed by atoms with van der Waals surface area (Å²) in [6, 6.07) is 14.9. The highest BCUT2D eigenvalue weighted by molar-refractivity contribution is 6.31. The Morgan fingerprint density at radius 1 is 1.00 bits per heavy atom. The maximum atomic E-state index is 6.02.